The number of imidazole rings is 1. The predicted molar refractivity (Wildman–Crippen MR) is 205 cm³/mol. The highest BCUT2D eigenvalue weighted by atomic mass is 16.5. The molecule has 1 aliphatic rings. The molecule has 0 N–H and O–H groups in total. The fourth-order valence-corrected chi connectivity index (χ4v) is 7.62. The van der Waals surface area contributed by atoms with Crippen molar-refractivity contribution in [2.75, 3.05) is 11.9 Å². The number of hydrogen-bond donors (Lipinski definition) is 0. The van der Waals surface area contributed by atoms with Crippen LogP contribution in [-0.2, 0) is 5.41 Å². The second-order valence-electron chi connectivity index (χ2n) is 14.5. The largest absolute Gasteiger partial charge is 0.520 e. The molecular formula is C43H38BN5O. The summed E-state index contributed by atoms with van der Waals surface area (Å²) in [5, 5.41) is 2.33. The Morgan fingerprint density at radius 1 is 0.680 bits per heavy atom. The van der Waals surface area contributed by atoms with Crippen molar-refractivity contribution in [3.8, 4) is 23.0 Å². The van der Waals surface area contributed by atoms with E-state index in [0.29, 0.717) is 0 Å². The third-order valence-corrected chi connectivity index (χ3v) is 10.2. The number of benzene rings is 5. The molecular weight excluding hydrogens is 613 g/mol. The van der Waals surface area contributed by atoms with E-state index < -0.39 is 0 Å². The monoisotopic (exact) mass is 651 g/mol. The molecule has 3 aromatic heterocycles. The van der Waals surface area contributed by atoms with Gasteiger partial charge in [-0.15, -0.1) is 0 Å². The maximum absolute atomic E-state index is 6.63. The SMILES string of the molecule is Cc1cccc(C)c1B1N(C)c2cc(C(C)(C)C)cc(n2)-n2c3ccccc3c3ccc(cc32)Oc2cccc(c2)-n2[c-][n+]1c1ccccc12. The van der Waals surface area contributed by atoms with E-state index in [1.165, 1.54) is 27.5 Å². The van der Waals surface area contributed by atoms with Crippen molar-refractivity contribution < 1.29 is 9.21 Å². The third kappa shape index (κ3) is 4.72. The van der Waals surface area contributed by atoms with Gasteiger partial charge in [0.25, 0.3) is 0 Å². The van der Waals surface area contributed by atoms with E-state index in [1.54, 1.807) is 0 Å². The number of nitrogens with zero attached hydrogens (tertiary/aromatic N) is 5. The van der Waals surface area contributed by atoms with Gasteiger partial charge in [0, 0.05) is 22.4 Å². The lowest BCUT2D eigenvalue weighted by atomic mass is 9.62. The van der Waals surface area contributed by atoms with Gasteiger partial charge >= 0.3 is 6.98 Å². The minimum absolute atomic E-state index is 0.132. The van der Waals surface area contributed by atoms with Gasteiger partial charge < -0.3 is 18.6 Å². The summed E-state index contributed by atoms with van der Waals surface area (Å²) in [6, 6.07) is 42.8. The molecule has 0 saturated carbocycles. The van der Waals surface area contributed by atoms with Gasteiger partial charge in [0.15, 0.2) is 0 Å². The van der Waals surface area contributed by atoms with E-state index in [-0.39, 0.29) is 12.4 Å². The zero-order chi connectivity index (χ0) is 34.3. The summed E-state index contributed by atoms with van der Waals surface area (Å²) in [7, 11) is 2.17. The summed E-state index contributed by atoms with van der Waals surface area (Å²) < 4.78 is 13.4. The molecule has 0 saturated heterocycles. The standard InChI is InChI=1S/C43H38BN5O/c1-28-13-11-14-29(2)42(28)44-46(6)40-23-30(43(3,4)5)24-41(45-40)49-36-18-8-7-17-34(36)35-22-21-33(26-39(35)49)50-32-16-12-15-31(25-32)47-27-48(44)38-20-10-9-19-37(38)47/h7-26H,1-6H3. The molecule has 0 atom stereocenters. The Balaban J connectivity index is 1.43. The van der Waals surface area contributed by atoms with E-state index in [1.807, 2.05) is 12.1 Å². The van der Waals surface area contributed by atoms with Crippen LogP contribution in [0.2, 0.25) is 0 Å². The Morgan fingerprint density at radius 2 is 1.36 bits per heavy atom. The Hall–Kier alpha value is -5.82. The predicted octanol–water partition coefficient (Wildman–Crippen LogP) is 8.61. The quantitative estimate of drug-likeness (QED) is 0.132. The van der Waals surface area contributed by atoms with E-state index >= 15 is 0 Å². The highest BCUT2D eigenvalue weighted by Gasteiger charge is 2.37. The Morgan fingerprint density at radius 3 is 2.16 bits per heavy atom. The molecule has 0 fully saturated rings. The van der Waals surface area contributed by atoms with Gasteiger partial charge in [0.1, 0.15) is 23.1 Å². The number of pyridine rings is 1. The molecule has 7 heteroatoms. The van der Waals surface area contributed by atoms with E-state index in [4.69, 9.17) is 9.72 Å². The maximum atomic E-state index is 6.63. The van der Waals surface area contributed by atoms with Crippen molar-refractivity contribution in [1.82, 2.24) is 14.1 Å². The molecule has 0 aliphatic carbocycles. The molecule has 50 heavy (non-hydrogen) atoms. The van der Waals surface area contributed by atoms with Crippen molar-refractivity contribution in [3.05, 3.63) is 144 Å². The average Bonchev–Trinajstić information content (AvgIpc) is 3.65. The highest BCUT2D eigenvalue weighted by molar-refractivity contribution is 6.70. The zero-order valence-corrected chi connectivity index (χ0v) is 29.3. The van der Waals surface area contributed by atoms with Crippen LogP contribution >= 0.6 is 0 Å². The molecule has 9 rings (SSSR count). The summed E-state index contributed by atoms with van der Waals surface area (Å²) in [6.45, 7) is 11.0. The van der Waals surface area contributed by atoms with Crippen LogP contribution in [0.15, 0.2) is 121 Å². The summed E-state index contributed by atoms with van der Waals surface area (Å²) in [5.74, 6) is 3.27. The normalized spacial score (nSPS) is 13.1. The molecule has 5 aromatic carbocycles. The van der Waals surface area contributed by atoms with Crippen LogP contribution in [0, 0.1) is 20.2 Å². The second kappa shape index (κ2) is 11.1. The fourth-order valence-electron chi connectivity index (χ4n) is 7.62. The van der Waals surface area contributed by atoms with Crippen molar-refractivity contribution in [2.45, 2.75) is 40.0 Å². The Bertz CT molecular complexity index is 2610. The highest BCUT2D eigenvalue weighted by Crippen LogP contribution is 2.37. The molecule has 0 amide bonds. The zero-order valence-electron chi connectivity index (χ0n) is 29.3. The summed E-state index contributed by atoms with van der Waals surface area (Å²) in [4.78, 5) is 7.86. The van der Waals surface area contributed by atoms with Crippen LogP contribution in [0.25, 0.3) is 44.3 Å². The lowest BCUT2D eigenvalue weighted by Gasteiger charge is -2.29. The molecule has 244 valence electrons. The van der Waals surface area contributed by atoms with Gasteiger partial charge in [0.05, 0.1) is 22.2 Å². The van der Waals surface area contributed by atoms with Gasteiger partial charge in [-0.1, -0.05) is 93.6 Å². The topological polar surface area (TPSA) is 39.1 Å². The van der Waals surface area contributed by atoms with E-state index in [0.717, 1.165) is 56.3 Å². The van der Waals surface area contributed by atoms with E-state index in [9.17, 15) is 0 Å². The number of rotatable bonds is 1. The number of aryl methyl sites for hydroxylation is 2. The van der Waals surface area contributed by atoms with Crippen molar-refractivity contribution in [3.63, 3.8) is 0 Å². The van der Waals surface area contributed by atoms with Crippen LogP contribution < -0.4 is 19.5 Å². The Labute approximate surface area is 292 Å². The first kappa shape index (κ1) is 30.3. The number of anilines is 1. The van der Waals surface area contributed by atoms with Gasteiger partial charge in [-0.05, 0) is 90.9 Å². The molecule has 0 unspecified atom stereocenters. The van der Waals surface area contributed by atoms with Gasteiger partial charge in [-0.3, -0.25) is 4.57 Å². The van der Waals surface area contributed by atoms with Crippen LogP contribution in [0.1, 0.15) is 37.5 Å². The van der Waals surface area contributed by atoms with Crippen molar-refractivity contribution >= 4 is 51.1 Å². The lowest BCUT2D eigenvalue weighted by molar-refractivity contribution is -0.511. The number of fused-ring (bicyclic) bond motifs is 15. The average molecular weight is 652 g/mol. The third-order valence-electron chi connectivity index (χ3n) is 10.2. The first-order valence-electron chi connectivity index (χ1n) is 17.2. The van der Waals surface area contributed by atoms with Crippen LogP contribution in [-0.4, -0.2) is 28.1 Å². The van der Waals surface area contributed by atoms with Crippen LogP contribution in [0.3, 0.4) is 0 Å². The minimum atomic E-state index is -0.255. The summed E-state index contributed by atoms with van der Waals surface area (Å²) in [5.41, 5.74) is 9.97. The van der Waals surface area contributed by atoms with Gasteiger partial charge in [-0.25, -0.2) is 4.98 Å². The lowest BCUT2D eigenvalue weighted by Crippen LogP contribution is -2.69. The first-order valence-corrected chi connectivity index (χ1v) is 17.2. The molecule has 0 spiro atoms. The number of aromatic nitrogens is 4. The second-order valence-corrected chi connectivity index (χ2v) is 14.5. The molecule has 8 aromatic rings. The Kier molecular flexibility index (Phi) is 6.72. The summed E-state index contributed by atoms with van der Waals surface area (Å²) >= 11 is 0. The molecule has 6 nitrogen and oxygen atoms in total. The van der Waals surface area contributed by atoms with Crippen LogP contribution in [0.4, 0.5) is 5.82 Å². The maximum Gasteiger partial charge on any atom is 0.520 e. The molecule has 4 heterocycles. The molecule has 8 bridgehead atoms. The molecule has 1 aliphatic heterocycles. The van der Waals surface area contributed by atoms with Crippen molar-refractivity contribution in [1.29, 1.82) is 0 Å². The molecule has 0 radical (unpaired) electrons. The summed E-state index contributed by atoms with van der Waals surface area (Å²) in [6.07, 6.45) is 3.81. The van der Waals surface area contributed by atoms with Gasteiger partial charge in [0.2, 0.25) is 6.33 Å². The minimum Gasteiger partial charge on any atom is -0.458 e. The number of para-hydroxylation sites is 3. The van der Waals surface area contributed by atoms with Crippen LogP contribution in [0.5, 0.6) is 11.5 Å². The number of hydrogen-bond acceptors (Lipinski definition) is 3. The smallest absolute Gasteiger partial charge is 0.458 e. The van der Waals surface area contributed by atoms with Crippen molar-refractivity contribution in [2.24, 2.45) is 0 Å². The first-order chi connectivity index (χ1) is 24.2. The van der Waals surface area contributed by atoms with Gasteiger partial charge in [-0.2, -0.15) is 0 Å². The van der Waals surface area contributed by atoms with E-state index in [2.05, 4.69) is 176 Å². The fraction of sp³-hybridized carbons (Fsp3) is 0.163. The number of ether oxygens (including phenoxy) is 1.